The first kappa shape index (κ1) is 13.6. The Morgan fingerprint density at radius 3 is 2.75 bits per heavy atom. The Balaban J connectivity index is 1.72. The van der Waals surface area contributed by atoms with E-state index < -0.39 is 0 Å². The maximum absolute atomic E-state index is 12.8. The van der Waals surface area contributed by atoms with Crippen molar-refractivity contribution in [3.63, 3.8) is 0 Å². The molecule has 1 aromatic carbocycles. The highest BCUT2D eigenvalue weighted by Gasteiger charge is 2.33. The number of amides is 1. The van der Waals surface area contributed by atoms with Gasteiger partial charge in [0.15, 0.2) is 0 Å². The molecule has 0 aliphatic carbocycles. The van der Waals surface area contributed by atoms with Crippen molar-refractivity contribution < 1.29 is 4.79 Å². The summed E-state index contributed by atoms with van der Waals surface area (Å²) in [4.78, 5) is 14.9. The maximum Gasteiger partial charge on any atom is 0.240 e. The molecule has 2 heterocycles. The number of piperidine rings is 1. The minimum Gasteiger partial charge on any atom is -0.338 e. The van der Waals surface area contributed by atoms with Gasteiger partial charge in [-0.05, 0) is 43.2 Å². The summed E-state index contributed by atoms with van der Waals surface area (Å²) < 4.78 is 0. The molecule has 3 nitrogen and oxygen atoms in total. The van der Waals surface area contributed by atoms with Crippen molar-refractivity contribution in [2.45, 2.75) is 51.7 Å². The molecule has 0 bridgehead atoms. The van der Waals surface area contributed by atoms with Gasteiger partial charge in [-0.25, -0.2) is 0 Å². The second kappa shape index (κ2) is 5.57. The van der Waals surface area contributed by atoms with Crippen LogP contribution in [0.5, 0.6) is 0 Å². The Morgan fingerprint density at radius 2 is 1.95 bits per heavy atom. The Labute approximate surface area is 121 Å². The molecule has 0 saturated carbocycles. The Morgan fingerprint density at radius 1 is 1.20 bits per heavy atom. The van der Waals surface area contributed by atoms with Crippen molar-refractivity contribution in [1.29, 1.82) is 0 Å². The van der Waals surface area contributed by atoms with Crippen LogP contribution in [0.15, 0.2) is 24.3 Å². The van der Waals surface area contributed by atoms with Crippen LogP contribution in [0.25, 0.3) is 0 Å². The van der Waals surface area contributed by atoms with Crippen LogP contribution in [-0.4, -0.2) is 29.4 Å². The molecule has 1 saturated heterocycles. The zero-order valence-electron chi connectivity index (χ0n) is 12.4. The van der Waals surface area contributed by atoms with Gasteiger partial charge in [0.2, 0.25) is 5.91 Å². The van der Waals surface area contributed by atoms with Crippen molar-refractivity contribution in [2.24, 2.45) is 5.92 Å². The van der Waals surface area contributed by atoms with Crippen LogP contribution < -0.4 is 5.32 Å². The molecular weight excluding hydrogens is 248 g/mol. The third kappa shape index (κ3) is 2.59. The standard InChI is InChI=1S/C17H24N2O/c1-12-7-8-13(2)19(11-12)17(20)16-9-14-5-3-4-6-15(14)10-18-16/h3-6,12-13,16,18H,7-11H2,1-2H3. The lowest BCUT2D eigenvalue weighted by atomic mass is 9.91. The topological polar surface area (TPSA) is 32.3 Å². The van der Waals surface area contributed by atoms with Crippen molar-refractivity contribution in [3.05, 3.63) is 35.4 Å². The number of carbonyl (C=O) groups is 1. The SMILES string of the molecule is CC1CCC(C)N(C(=O)C2Cc3ccccc3CN2)C1. The first-order valence-corrected chi connectivity index (χ1v) is 7.76. The number of likely N-dealkylation sites (tertiary alicyclic amines) is 1. The molecule has 3 heteroatoms. The predicted molar refractivity (Wildman–Crippen MR) is 80.3 cm³/mol. The molecule has 1 fully saturated rings. The molecular formula is C17H24N2O. The second-order valence-corrected chi connectivity index (χ2v) is 6.43. The van der Waals surface area contributed by atoms with E-state index in [1.165, 1.54) is 17.5 Å². The van der Waals surface area contributed by atoms with E-state index in [4.69, 9.17) is 0 Å². The molecule has 3 atom stereocenters. The molecule has 3 rings (SSSR count). The van der Waals surface area contributed by atoms with Gasteiger partial charge in [0, 0.05) is 19.1 Å². The normalized spacial score (nSPS) is 29.9. The van der Waals surface area contributed by atoms with E-state index in [0.29, 0.717) is 17.9 Å². The monoisotopic (exact) mass is 272 g/mol. The molecule has 0 radical (unpaired) electrons. The highest BCUT2D eigenvalue weighted by Crippen LogP contribution is 2.24. The third-order valence-electron chi connectivity index (χ3n) is 4.78. The van der Waals surface area contributed by atoms with E-state index in [2.05, 4.69) is 48.3 Å². The largest absolute Gasteiger partial charge is 0.338 e. The maximum atomic E-state index is 12.8. The number of benzene rings is 1. The van der Waals surface area contributed by atoms with Gasteiger partial charge in [-0.1, -0.05) is 31.2 Å². The lowest BCUT2D eigenvalue weighted by molar-refractivity contribution is -0.138. The number of hydrogen-bond acceptors (Lipinski definition) is 2. The van der Waals surface area contributed by atoms with Crippen molar-refractivity contribution in [2.75, 3.05) is 6.54 Å². The average molecular weight is 272 g/mol. The van der Waals surface area contributed by atoms with E-state index in [9.17, 15) is 4.79 Å². The van der Waals surface area contributed by atoms with Gasteiger partial charge in [0.25, 0.3) is 0 Å². The fraction of sp³-hybridized carbons (Fsp3) is 0.588. The van der Waals surface area contributed by atoms with Gasteiger partial charge in [-0.3, -0.25) is 4.79 Å². The molecule has 1 amide bonds. The average Bonchev–Trinajstić information content (AvgIpc) is 2.48. The van der Waals surface area contributed by atoms with Gasteiger partial charge < -0.3 is 10.2 Å². The Hall–Kier alpha value is -1.35. The molecule has 0 spiro atoms. The number of rotatable bonds is 1. The first-order valence-electron chi connectivity index (χ1n) is 7.76. The van der Waals surface area contributed by atoms with Crippen molar-refractivity contribution in [1.82, 2.24) is 10.2 Å². The molecule has 108 valence electrons. The van der Waals surface area contributed by atoms with Gasteiger partial charge in [-0.15, -0.1) is 0 Å². The number of fused-ring (bicyclic) bond motifs is 1. The highest BCUT2D eigenvalue weighted by atomic mass is 16.2. The summed E-state index contributed by atoms with van der Waals surface area (Å²) in [5, 5.41) is 3.42. The fourth-order valence-corrected chi connectivity index (χ4v) is 3.42. The first-order chi connectivity index (χ1) is 9.65. The van der Waals surface area contributed by atoms with E-state index in [1.807, 2.05) is 0 Å². The number of carbonyl (C=O) groups excluding carboxylic acids is 1. The van der Waals surface area contributed by atoms with Crippen LogP contribution in [-0.2, 0) is 17.8 Å². The summed E-state index contributed by atoms with van der Waals surface area (Å²) in [7, 11) is 0. The predicted octanol–water partition coefficient (Wildman–Crippen LogP) is 2.35. The Kier molecular flexibility index (Phi) is 3.79. The molecule has 1 N–H and O–H groups in total. The highest BCUT2D eigenvalue weighted by molar-refractivity contribution is 5.83. The lowest BCUT2D eigenvalue weighted by Crippen LogP contribution is -2.54. The van der Waals surface area contributed by atoms with Crippen LogP contribution in [0, 0.1) is 5.92 Å². The van der Waals surface area contributed by atoms with Crippen molar-refractivity contribution >= 4 is 5.91 Å². The summed E-state index contributed by atoms with van der Waals surface area (Å²) >= 11 is 0. The molecule has 2 aliphatic rings. The van der Waals surface area contributed by atoms with Gasteiger partial charge in [0.05, 0.1) is 6.04 Å². The van der Waals surface area contributed by atoms with Crippen LogP contribution in [0.4, 0.5) is 0 Å². The van der Waals surface area contributed by atoms with Crippen LogP contribution in [0.1, 0.15) is 37.8 Å². The summed E-state index contributed by atoms with van der Waals surface area (Å²) in [6.07, 6.45) is 3.20. The van der Waals surface area contributed by atoms with E-state index in [-0.39, 0.29) is 6.04 Å². The molecule has 3 unspecified atom stereocenters. The van der Waals surface area contributed by atoms with Crippen LogP contribution in [0.2, 0.25) is 0 Å². The van der Waals surface area contributed by atoms with Crippen LogP contribution in [0.3, 0.4) is 0 Å². The number of nitrogens with one attached hydrogen (secondary N) is 1. The van der Waals surface area contributed by atoms with Gasteiger partial charge >= 0.3 is 0 Å². The van der Waals surface area contributed by atoms with E-state index >= 15 is 0 Å². The van der Waals surface area contributed by atoms with Crippen molar-refractivity contribution in [3.8, 4) is 0 Å². The zero-order valence-corrected chi connectivity index (χ0v) is 12.4. The Bertz CT molecular complexity index is 500. The van der Waals surface area contributed by atoms with Gasteiger partial charge in [-0.2, -0.15) is 0 Å². The zero-order chi connectivity index (χ0) is 14.1. The fourth-order valence-electron chi connectivity index (χ4n) is 3.42. The van der Waals surface area contributed by atoms with Crippen LogP contribution >= 0.6 is 0 Å². The van der Waals surface area contributed by atoms with Gasteiger partial charge in [0.1, 0.15) is 0 Å². The minimum atomic E-state index is -0.0438. The van der Waals surface area contributed by atoms with E-state index in [1.54, 1.807) is 0 Å². The summed E-state index contributed by atoms with van der Waals surface area (Å²) in [6, 6.07) is 8.78. The molecule has 2 aliphatic heterocycles. The summed E-state index contributed by atoms with van der Waals surface area (Å²) in [5.74, 6) is 0.921. The molecule has 0 aromatic heterocycles. The summed E-state index contributed by atoms with van der Waals surface area (Å²) in [6.45, 7) is 6.15. The number of hydrogen-bond donors (Lipinski definition) is 1. The smallest absolute Gasteiger partial charge is 0.240 e. The van der Waals surface area contributed by atoms with E-state index in [0.717, 1.165) is 25.9 Å². The third-order valence-corrected chi connectivity index (χ3v) is 4.78. The summed E-state index contributed by atoms with van der Waals surface area (Å²) in [5.41, 5.74) is 2.65. The quantitative estimate of drug-likeness (QED) is 0.851. The second-order valence-electron chi connectivity index (χ2n) is 6.43. The molecule has 20 heavy (non-hydrogen) atoms. The molecule has 1 aromatic rings. The number of nitrogens with zero attached hydrogens (tertiary/aromatic N) is 1. The lowest BCUT2D eigenvalue weighted by Gasteiger charge is -2.39. The minimum absolute atomic E-state index is 0.0438.